The lowest BCUT2D eigenvalue weighted by atomic mass is 10.1. The topological polar surface area (TPSA) is 93.9 Å². The van der Waals surface area contributed by atoms with E-state index in [1.54, 1.807) is 44.2 Å². The number of nitrogens with one attached hydrogen (secondary N) is 1. The molecule has 8 heteroatoms. The SMILES string of the molecule is COc1cc(OC)cc(N2CCC(NC(=O)C(C)CN)C2=O)c1.Cl. The van der Waals surface area contributed by atoms with Crippen molar-refractivity contribution in [3.63, 3.8) is 0 Å². The Bertz CT molecular complexity index is 574. The average Bonchev–Trinajstić information content (AvgIpc) is 2.94. The van der Waals surface area contributed by atoms with Crippen LogP contribution >= 0.6 is 12.4 Å². The van der Waals surface area contributed by atoms with Crippen molar-refractivity contribution in [1.82, 2.24) is 5.32 Å². The Labute approximate surface area is 147 Å². The zero-order chi connectivity index (χ0) is 17.0. The molecule has 3 N–H and O–H groups in total. The van der Waals surface area contributed by atoms with Gasteiger partial charge in [0.05, 0.1) is 19.9 Å². The normalized spacial score (nSPS) is 17.9. The zero-order valence-electron chi connectivity index (χ0n) is 14.1. The second-order valence-corrected chi connectivity index (χ2v) is 5.55. The molecule has 0 saturated carbocycles. The summed E-state index contributed by atoms with van der Waals surface area (Å²) >= 11 is 0. The van der Waals surface area contributed by atoms with Gasteiger partial charge in [-0.1, -0.05) is 6.92 Å². The number of halogens is 1. The highest BCUT2D eigenvalue weighted by molar-refractivity contribution is 6.01. The van der Waals surface area contributed by atoms with Gasteiger partial charge in [0, 0.05) is 37.2 Å². The van der Waals surface area contributed by atoms with Gasteiger partial charge in [0.1, 0.15) is 17.5 Å². The summed E-state index contributed by atoms with van der Waals surface area (Å²) in [6.45, 7) is 2.51. The van der Waals surface area contributed by atoms with Crippen molar-refractivity contribution >= 4 is 29.9 Å². The van der Waals surface area contributed by atoms with Crippen molar-refractivity contribution in [3.05, 3.63) is 18.2 Å². The lowest BCUT2D eigenvalue weighted by Gasteiger charge is -2.19. The molecule has 1 aromatic rings. The number of benzene rings is 1. The van der Waals surface area contributed by atoms with Crippen LogP contribution in [0.2, 0.25) is 0 Å². The number of rotatable bonds is 6. The molecule has 2 atom stereocenters. The summed E-state index contributed by atoms with van der Waals surface area (Å²) in [6.07, 6.45) is 0.557. The van der Waals surface area contributed by atoms with Crippen molar-refractivity contribution in [2.24, 2.45) is 11.7 Å². The molecule has 2 rings (SSSR count). The highest BCUT2D eigenvalue weighted by atomic mass is 35.5. The monoisotopic (exact) mass is 357 g/mol. The van der Waals surface area contributed by atoms with Gasteiger partial charge < -0.3 is 25.4 Å². The van der Waals surface area contributed by atoms with Gasteiger partial charge in [-0.25, -0.2) is 0 Å². The maximum absolute atomic E-state index is 12.5. The molecule has 2 amide bonds. The third-order valence-corrected chi connectivity index (χ3v) is 3.97. The minimum absolute atomic E-state index is 0. The summed E-state index contributed by atoms with van der Waals surface area (Å²) in [5.41, 5.74) is 6.17. The summed E-state index contributed by atoms with van der Waals surface area (Å²) in [5.74, 6) is 0.565. The Balaban J connectivity index is 0.00000288. The first-order valence-corrected chi connectivity index (χ1v) is 7.55. The van der Waals surface area contributed by atoms with Crippen LogP contribution in [0.1, 0.15) is 13.3 Å². The molecule has 0 bridgehead atoms. The summed E-state index contributed by atoms with van der Waals surface area (Å²) in [6, 6.07) is 4.76. The summed E-state index contributed by atoms with van der Waals surface area (Å²) in [4.78, 5) is 26.1. The Morgan fingerprint density at radius 3 is 2.42 bits per heavy atom. The van der Waals surface area contributed by atoms with Crippen LogP contribution in [0.3, 0.4) is 0 Å². The standard InChI is InChI=1S/C16H23N3O4.ClH/c1-10(9-17)15(20)18-14-4-5-19(16(14)21)11-6-12(22-2)8-13(7-11)23-3;/h6-8,10,14H,4-5,9,17H2,1-3H3,(H,18,20);1H. The van der Waals surface area contributed by atoms with E-state index in [2.05, 4.69) is 5.32 Å². The first-order valence-electron chi connectivity index (χ1n) is 7.55. The van der Waals surface area contributed by atoms with Crippen molar-refractivity contribution in [3.8, 4) is 11.5 Å². The third kappa shape index (κ3) is 4.30. The van der Waals surface area contributed by atoms with Crippen LogP contribution in [0.4, 0.5) is 5.69 Å². The molecule has 1 saturated heterocycles. The van der Waals surface area contributed by atoms with Crippen molar-refractivity contribution in [2.45, 2.75) is 19.4 Å². The number of ether oxygens (including phenoxy) is 2. The smallest absolute Gasteiger partial charge is 0.249 e. The number of carbonyl (C=O) groups is 2. The molecule has 24 heavy (non-hydrogen) atoms. The van der Waals surface area contributed by atoms with Crippen LogP contribution in [0.15, 0.2) is 18.2 Å². The largest absolute Gasteiger partial charge is 0.497 e. The second-order valence-electron chi connectivity index (χ2n) is 5.55. The molecule has 0 radical (unpaired) electrons. The number of amides is 2. The molecule has 134 valence electrons. The Hall–Kier alpha value is -1.99. The fourth-order valence-electron chi connectivity index (χ4n) is 2.44. The Morgan fingerprint density at radius 1 is 1.33 bits per heavy atom. The first-order chi connectivity index (χ1) is 11.0. The number of hydrogen-bond acceptors (Lipinski definition) is 5. The predicted molar refractivity (Wildman–Crippen MR) is 93.9 cm³/mol. The molecule has 1 heterocycles. The summed E-state index contributed by atoms with van der Waals surface area (Å²) in [5, 5.41) is 2.76. The number of carbonyl (C=O) groups excluding carboxylic acids is 2. The van der Waals surface area contributed by atoms with E-state index in [4.69, 9.17) is 15.2 Å². The molecule has 1 aliphatic rings. The number of methoxy groups -OCH3 is 2. The fraction of sp³-hybridized carbons (Fsp3) is 0.500. The predicted octanol–water partition coefficient (Wildman–Crippen LogP) is 0.942. The van der Waals surface area contributed by atoms with Crippen LogP contribution in [-0.2, 0) is 9.59 Å². The molecular formula is C16H24ClN3O4. The van der Waals surface area contributed by atoms with Crippen molar-refractivity contribution in [1.29, 1.82) is 0 Å². The van der Waals surface area contributed by atoms with E-state index >= 15 is 0 Å². The molecule has 1 aromatic carbocycles. The lowest BCUT2D eigenvalue weighted by Crippen LogP contribution is -2.44. The molecule has 1 aliphatic heterocycles. The van der Waals surface area contributed by atoms with Gasteiger partial charge in [0.2, 0.25) is 11.8 Å². The Morgan fingerprint density at radius 2 is 1.92 bits per heavy atom. The van der Waals surface area contributed by atoms with Crippen LogP contribution < -0.4 is 25.4 Å². The van der Waals surface area contributed by atoms with Gasteiger partial charge in [-0.3, -0.25) is 9.59 Å². The van der Waals surface area contributed by atoms with E-state index in [1.807, 2.05) is 0 Å². The third-order valence-electron chi connectivity index (χ3n) is 3.97. The van der Waals surface area contributed by atoms with E-state index in [0.29, 0.717) is 30.2 Å². The van der Waals surface area contributed by atoms with E-state index in [9.17, 15) is 9.59 Å². The minimum atomic E-state index is -0.520. The summed E-state index contributed by atoms with van der Waals surface area (Å²) < 4.78 is 10.5. The average molecular weight is 358 g/mol. The highest BCUT2D eigenvalue weighted by Gasteiger charge is 2.34. The van der Waals surface area contributed by atoms with Gasteiger partial charge in [0.15, 0.2) is 0 Å². The first kappa shape index (κ1) is 20.1. The number of hydrogen-bond donors (Lipinski definition) is 2. The molecule has 0 aliphatic carbocycles. The second kappa shape index (κ2) is 8.75. The van der Waals surface area contributed by atoms with Crippen LogP contribution in [0.5, 0.6) is 11.5 Å². The molecule has 0 aromatic heterocycles. The summed E-state index contributed by atoms with van der Waals surface area (Å²) in [7, 11) is 3.11. The van der Waals surface area contributed by atoms with Gasteiger partial charge >= 0.3 is 0 Å². The van der Waals surface area contributed by atoms with E-state index in [-0.39, 0.29) is 36.7 Å². The molecular weight excluding hydrogens is 334 g/mol. The minimum Gasteiger partial charge on any atom is -0.497 e. The van der Waals surface area contributed by atoms with Gasteiger partial charge in [-0.2, -0.15) is 0 Å². The molecule has 0 spiro atoms. The molecule has 2 unspecified atom stereocenters. The van der Waals surface area contributed by atoms with E-state index in [1.165, 1.54) is 0 Å². The van der Waals surface area contributed by atoms with Crippen molar-refractivity contribution in [2.75, 3.05) is 32.2 Å². The van der Waals surface area contributed by atoms with Gasteiger partial charge in [-0.05, 0) is 6.42 Å². The quantitative estimate of drug-likeness (QED) is 0.790. The number of nitrogens with two attached hydrogens (primary N) is 1. The van der Waals surface area contributed by atoms with Gasteiger partial charge in [0.25, 0.3) is 0 Å². The fourth-order valence-corrected chi connectivity index (χ4v) is 2.44. The van der Waals surface area contributed by atoms with Crippen molar-refractivity contribution < 1.29 is 19.1 Å². The van der Waals surface area contributed by atoms with Crippen LogP contribution in [0, 0.1) is 5.92 Å². The lowest BCUT2D eigenvalue weighted by molar-refractivity contribution is -0.128. The zero-order valence-corrected chi connectivity index (χ0v) is 14.9. The van der Waals surface area contributed by atoms with Crippen LogP contribution in [-0.4, -0.2) is 45.2 Å². The van der Waals surface area contributed by atoms with Gasteiger partial charge in [-0.15, -0.1) is 12.4 Å². The number of anilines is 1. The molecule has 1 fully saturated rings. The molecule has 7 nitrogen and oxygen atoms in total. The maximum atomic E-state index is 12.5. The highest BCUT2D eigenvalue weighted by Crippen LogP contribution is 2.30. The Kier molecular flexibility index (Phi) is 7.31. The van der Waals surface area contributed by atoms with Crippen LogP contribution in [0.25, 0.3) is 0 Å². The number of nitrogens with zero attached hydrogens (tertiary/aromatic N) is 1. The van der Waals surface area contributed by atoms with E-state index in [0.717, 1.165) is 0 Å². The van der Waals surface area contributed by atoms with E-state index < -0.39 is 6.04 Å². The maximum Gasteiger partial charge on any atom is 0.249 e.